The smallest absolute Gasteiger partial charge is 0.232 e. The fourth-order valence-electron chi connectivity index (χ4n) is 2.98. The molecule has 4 nitrogen and oxygen atoms in total. The predicted molar refractivity (Wildman–Crippen MR) is 56.3 cm³/mol. The summed E-state index contributed by atoms with van der Waals surface area (Å²) in [7, 11) is 0. The van der Waals surface area contributed by atoms with Crippen molar-refractivity contribution in [3.63, 3.8) is 0 Å². The highest BCUT2D eigenvalue weighted by molar-refractivity contribution is 6.00. The van der Waals surface area contributed by atoms with Gasteiger partial charge in [0.25, 0.3) is 0 Å². The highest BCUT2D eigenvalue weighted by atomic mass is 16.3. The van der Waals surface area contributed by atoms with E-state index in [2.05, 4.69) is 0 Å². The number of rotatable bonds is 3. The average Bonchev–Trinajstić information content (AvgIpc) is 3.01. The molecule has 2 saturated carbocycles. The van der Waals surface area contributed by atoms with Crippen molar-refractivity contribution in [1.82, 2.24) is 4.90 Å². The van der Waals surface area contributed by atoms with Gasteiger partial charge in [0.1, 0.15) is 0 Å². The van der Waals surface area contributed by atoms with Crippen LogP contribution in [0.15, 0.2) is 0 Å². The van der Waals surface area contributed by atoms with Crippen molar-refractivity contribution in [2.75, 3.05) is 6.54 Å². The Labute approximate surface area is 94.6 Å². The molecule has 3 atom stereocenters. The summed E-state index contributed by atoms with van der Waals surface area (Å²) < 4.78 is 0. The third-order valence-electron chi connectivity index (χ3n) is 4.20. The lowest BCUT2D eigenvalue weighted by Gasteiger charge is -2.31. The zero-order valence-corrected chi connectivity index (χ0v) is 9.26. The van der Waals surface area contributed by atoms with Crippen LogP contribution in [0.3, 0.4) is 0 Å². The van der Waals surface area contributed by atoms with E-state index in [4.69, 9.17) is 0 Å². The predicted octanol–water partition coefficient (Wildman–Crippen LogP) is 0.542. The number of piperidine rings is 1. The Morgan fingerprint density at radius 3 is 2.19 bits per heavy atom. The maximum Gasteiger partial charge on any atom is 0.232 e. The van der Waals surface area contributed by atoms with E-state index in [0.717, 1.165) is 32.1 Å². The highest BCUT2D eigenvalue weighted by Crippen LogP contribution is 2.39. The first-order valence-electron chi connectivity index (χ1n) is 6.20. The molecule has 1 aliphatic heterocycles. The zero-order valence-electron chi connectivity index (χ0n) is 9.26. The van der Waals surface area contributed by atoms with Gasteiger partial charge in [0.05, 0.1) is 12.6 Å². The Hall–Kier alpha value is -0.900. The molecule has 0 aromatic carbocycles. The number of carbonyl (C=O) groups is 2. The van der Waals surface area contributed by atoms with Gasteiger partial charge in [-0.1, -0.05) is 0 Å². The van der Waals surface area contributed by atoms with Gasteiger partial charge in [0.2, 0.25) is 11.8 Å². The van der Waals surface area contributed by atoms with Crippen LogP contribution in [0.1, 0.15) is 32.1 Å². The first-order valence-corrected chi connectivity index (χ1v) is 6.20. The molecule has 3 aliphatic rings. The van der Waals surface area contributed by atoms with E-state index >= 15 is 0 Å². The summed E-state index contributed by atoms with van der Waals surface area (Å²) >= 11 is 0. The van der Waals surface area contributed by atoms with E-state index in [1.807, 2.05) is 0 Å². The first-order chi connectivity index (χ1) is 7.66. The van der Waals surface area contributed by atoms with Gasteiger partial charge in [-0.2, -0.15) is 0 Å². The summed E-state index contributed by atoms with van der Waals surface area (Å²) in [4.78, 5) is 25.3. The van der Waals surface area contributed by atoms with Crippen LogP contribution >= 0.6 is 0 Å². The van der Waals surface area contributed by atoms with Crippen LogP contribution in [-0.2, 0) is 9.59 Å². The number of aliphatic hydroxyl groups is 1. The summed E-state index contributed by atoms with van der Waals surface area (Å²) in [5.41, 5.74) is 0. The first kappa shape index (κ1) is 10.3. The van der Waals surface area contributed by atoms with Crippen LogP contribution < -0.4 is 0 Å². The summed E-state index contributed by atoms with van der Waals surface area (Å²) in [5, 5.41) is 9.82. The summed E-state index contributed by atoms with van der Waals surface area (Å²) in [6.07, 6.45) is 4.02. The Morgan fingerprint density at radius 1 is 1.12 bits per heavy atom. The van der Waals surface area contributed by atoms with Crippen molar-refractivity contribution in [2.45, 2.75) is 38.2 Å². The fraction of sp³-hybridized carbons (Fsp3) is 0.833. The number of fused-ring (bicyclic) bond motifs is 2. The third-order valence-corrected chi connectivity index (χ3v) is 4.20. The highest BCUT2D eigenvalue weighted by Gasteiger charge is 2.46. The molecule has 88 valence electrons. The van der Waals surface area contributed by atoms with Gasteiger partial charge >= 0.3 is 0 Å². The molecule has 2 bridgehead atoms. The van der Waals surface area contributed by atoms with E-state index in [-0.39, 0.29) is 30.2 Å². The van der Waals surface area contributed by atoms with Gasteiger partial charge in [0.15, 0.2) is 0 Å². The van der Waals surface area contributed by atoms with Crippen molar-refractivity contribution in [3.05, 3.63) is 0 Å². The number of β-amino-alcohol motifs (C(OH)–C–C–N with tert-alkyl or cyclic N) is 1. The Balaban J connectivity index is 1.72. The lowest BCUT2D eigenvalue weighted by atomic mass is 9.96. The molecule has 0 spiro atoms. The standard InChI is InChI=1S/C12H17NO3/c14-10(7-1-2-7)6-13-11(15)8-3-4-9(5-8)12(13)16/h7-10,14H,1-6H2. The molecule has 3 fully saturated rings. The molecule has 1 heterocycles. The van der Waals surface area contributed by atoms with Gasteiger partial charge in [-0.25, -0.2) is 0 Å². The molecule has 4 heteroatoms. The number of carbonyl (C=O) groups excluding carboxylic acids is 2. The molecule has 0 aromatic heterocycles. The molecule has 0 aromatic rings. The van der Waals surface area contributed by atoms with Crippen LogP contribution in [-0.4, -0.2) is 34.5 Å². The van der Waals surface area contributed by atoms with E-state index < -0.39 is 6.10 Å². The van der Waals surface area contributed by atoms with E-state index in [1.54, 1.807) is 0 Å². The maximum atomic E-state index is 12.0. The second kappa shape index (κ2) is 3.55. The van der Waals surface area contributed by atoms with E-state index in [0.29, 0.717) is 5.92 Å². The van der Waals surface area contributed by atoms with Crippen LogP contribution in [0.5, 0.6) is 0 Å². The molecule has 1 saturated heterocycles. The van der Waals surface area contributed by atoms with E-state index in [9.17, 15) is 14.7 Å². The van der Waals surface area contributed by atoms with Crippen molar-refractivity contribution in [3.8, 4) is 0 Å². The van der Waals surface area contributed by atoms with Crippen molar-refractivity contribution in [1.29, 1.82) is 0 Å². The Kier molecular flexibility index (Phi) is 2.28. The molecule has 16 heavy (non-hydrogen) atoms. The molecular weight excluding hydrogens is 206 g/mol. The molecule has 3 unspecified atom stereocenters. The van der Waals surface area contributed by atoms with Gasteiger partial charge in [-0.05, 0) is 38.0 Å². The van der Waals surface area contributed by atoms with Crippen molar-refractivity contribution >= 4 is 11.8 Å². The molecule has 2 aliphatic carbocycles. The van der Waals surface area contributed by atoms with Gasteiger partial charge in [-0.3, -0.25) is 14.5 Å². The zero-order chi connectivity index (χ0) is 11.3. The second-order valence-corrected chi connectivity index (χ2v) is 5.40. The maximum absolute atomic E-state index is 12.0. The molecule has 2 amide bonds. The Morgan fingerprint density at radius 2 is 1.69 bits per heavy atom. The third kappa shape index (κ3) is 1.56. The lowest BCUT2D eigenvalue weighted by Crippen LogP contribution is -2.49. The quantitative estimate of drug-likeness (QED) is 0.710. The summed E-state index contributed by atoms with van der Waals surface area (Å²) in [6, 6.07) is 0. The van der Waals surface area contributed by atoms with Crippen molar-refractivity contribution < 1.29 is 14.7 Å². The van der Waals surface area contributed by atoms with Crippen LogP contribution in [0.2, 0.25) is 0 Å². The number of nitrogens with zero attached hydrogens (tertiary/aromatic N) is 1. The normalized spacial score (nSPS) is 35.7. The van der Waals surface area contributed by atoms with Gasteiger partial charge < -0.3 is 5.11 Å². The average molecular weight is 223 g/mol. The monoisotopic (exact) mass is 223 g/mol. The topological polar surface area (TPSA) is 57.6 Å². The largest absolute Gasteiger partial charge is 0.391 e. The molecule has 3 rings (SSSR count). The van der Waals surface area contributed by atoms with E-state index in [1.165, 1.54) is 4.90 Å². The fourth-order valence-corrected chi connectivity index (χ4v) is 2.98. The van der Waals surface area contributed by atoms with Crippen LogP contribution in [0.4, 0.5) is 0 Å². The molecule has 0 radical (unpaired) electrons. The Bertz CT molecular complexity index is 315. The molecular formula is C12H17NO3. The summed E-state index contributed by atoms with van der Waals surface area (Å²) in [6.45, 7) is 0.231. The number of amides is 2. The molecule has 1 N–H and O–H groups in total. The minimum atomic E-state index is -0.495. The number of aliphatic hydroxyl groups excluding tert-OH is 1. The van der Waals surface area contributed by atoms with Gasteiger partial charge in [-0.15, -0.1) is 0 Å². The van der Waals surface area contributed by atoms with Gasteiger partial charge in [0, 0.05) is 11.8 Å². The number of imide groups is 1. The van der Waals surface area contributed by atoms with Crippen LogP contribution in [0, 0.1) is 17.8 Å². The van der Waals surface area contributed by atoms with Crippen molar-refractivity contribution in [2.24, 2.45) is 17.8 Å². The SMILES string of the molecule is O=C1C2CCC(C2)C(=O)N1CC(O)C1CC1. The van der Waals surface area contributed by atoms with Crippen LogP contribution in [0.25, 0.3) is 0 Å². The lowest BCUT2D eigenvalue weighted by molar-refractivity contribution is -0.154. The number of likely N-dealkylation sites (tertiary alicyclic amines) is 1. The summed E-state index contributed by atoms with van der Waals surface area (Å²) in [5.74, 6) is 0.334. The number of hydrogen-bond donors (Lipinski definition) is 1. The minimum Gasteiger partial charge on any atom is -0.391 e. The number of hydrogen-bond acceptors (Lipinski definition) is 3. The minimum absolute atomic E-state index is 0.0431. The second-order valence-electron chi connectivity index (χ2n) is 5.40.